The second kappa shape index (κ2) is 8.97. The van der Waals surface area contributed by atoms with Gasteiger partial charge in [-0.1, -0.05) is 24.3 Å². The third kappa shape index (κ3) is 4.10. The smallest absolute Gasteiger partial charge is 0.289 e. The highest BCUT2D eigenvalue weighted by Crippen LogP contribution is 2.15. The Balaban J connectivity index is 1.27. The Morgan fingerprint density at radius 3 is 2.24 bits per heavy atom. The van der Waals surface area contributed by atoms with Gasteiger partial charge >= 0.3 is 0 Å². The van der Waals surface area contributed by atoms with E-state index in [9.17, 15) is 14.4 Å². The maximum Gasteiger partial charge on any atom is 0.289 e. The Kier molecular flexibility index (Phi) is 5.71. The van der Waals surface area contributed by atoms with E-state index in [1.165, 1.54) is 6.26 Å². The minimum Gasteiger partial charge on any atom is -0.459 e. The molecule has 1 fully saturated rings. The summed E-state index contributed by atoms with van der Waals surface area (Å²) in [6.07, 6.45) is 1.48. The molecule has 172 valence electrons. The van der Waals surface area contributed by atoms with Gasteiger partial charge in [0.25, 0.3) is 17.4 Å². The van der Waals surface area contributed by atoms with Crippen LogP contribution < -0.4 is 5.56 Å². The lowest BCUT2D eigenvalue weighted by molar-refractivity contribution is 0.0518. The van der Waals surface area contributed by atoms with E-state index in [1.807, 2.05) is 36.4 Å². The number of piperazine rings is 1. The average Bonchev–Trinajstić information content (AvgIpc) is 3.41. The number of aromatic nitrogens is 2. The molecule has 0 spiro atoms. The molecule has 0 radical (unpaired) electrons. The van der Waals surface area contributed by atoms with Crippen LogP contribution in [0, 0.1) is 6.92 Å². The number of carbonyl (C=O) groups is 2. The molecule has 0 atom stereocenters. The molecule has 0 unspecified atom stereocenters. The maximum atomic E-state index is 13.0. The van der Waals surface area contributed by atoms with Gasteiger partial charge in [-0.2, -0.15) is 0 Å². The molecular formula is C26H24N4O4. The fraction of sp³-hybridized carbons (Fsp3) is 0.231. The standard InChI is InChI=1S/C26H24N4O4/c1-18-24(31)30(22-6-3-2-5-21(22)27-18)17-19-8-10-20(11-9-19)25(32)28-12-14-29(15-13-28)26(33)23-7-4-16-34-23/h2-11,16H,12-15,17H2,1H3. The molecule has 34 heavy (non-hydrogen) atoms. The molecule has 0 aliphatic carbocycles. The molecule has 8 nitrogen and oxygen atoms in total. The predicted molar refractivity (Wildman–Crippen MR) is 127 cm³/mol. The number of amides is 2. The molecule has 0 saturated carbocycles. The van der Waals surface area contributed by atoms with Crippen LogP contribution in [0.5, 0.6) is 0 Å². The molecule has 2 aromatic carbocycles. The molecule has 1 aliphatic rings. The molecule has 2 aromatic heterocycles. The molecule has 3 heterocycles. The van der Waals surface area contributed by atoms with E-state index >= 15 is 0 Å². The van der Waals surface area contributed by atoms with E-state index < -0.39 is 0 Å². The largest absolute Gasteiger partial charge is 0.459 e. The zero-order chi connectivity index (χ0) is 23.7. The first kappa shape index (κ1) is 21.6. The number of fused-ring (bicyclic) bond motifs is 1. The van der Waals surface area contributed by atoms with Crippen molar-refractivity contribution in [3.63, 3.8) is 0 Å². The second-order valence-electron chi connectivity index (χ2n) is 8.34. The van der Waals surface area contributed by atoms with Crippen molar-refractivity contribution in [3.8, 4) is 0 Å². The number of nitrogens with zero attached hydrogens (tertiary/aromatic N) is 4. The molecule has 4 aromatic rings. The number of aryl methyl sites for hydroxylation is 1. The highest BCUT2D eigenvalue weighted by Gasteiger charge is 2.26. The summed E-state index contributed by atoms with van der Waals surface area (Å²) in [6.45, 7) is 3.95. The summed E-state index contributed by atoms with van der Waals surface area (Å²) in [7, 11) is 0. The maximum absolute atomic E-state index is 13.0. The minimum absolute atomic E-state index is 0.0704. The quantitative estimate of drug-likeness (QED) is 0.471. The topological polar surface area (TPSA) is 88.7 Å². The number of rotatable bonds is 4. The average molecular weight is 457 g/mol. The van der Waals surface area contributed by atoms with Crippen molar-refractivity contribution in [1.29, 1.82) is 0 Å². The molecule has 1 aliphatic heterocycles. The molecular weight excluding hydrogens is 432 g/mol. The molecule has 0 bridgehead atoms. The lowest BCUT2D eigenvalue weighted by Gasteiger charge is -2.34. The van der Waals surface area contributed by atoms with Gasteiger partial charge in [0.2, 0.25) is 0 Å². The van der Waals surface area contributed by atoms with Gasteiger partial charge < -0.3 is 18.8 Å². The summed E-state index contributed by atoms with van der Waals surface area (Å²) in [5.41, 5.74) is 3.38. The van der Waals surface area contributed by atoms with E-state index in [2.05, 4.69) is 4.98 Å². The van der Waals surface area contributed by atoms with Crippen LogP contribution in [-0.4, -0.2) is 57.3 Å². The van der Waals surface area contributed by atoms with Crippen molar-refractivity contribution < 1.29 is 14.0 Å². The van der Waals surface area contributed by atoms with Gasteiger partial charge in [-0.3, -0.25) is 14.4 Å². The Hall–Kier alpha value is -4.20. The monoisotopic (exact) mass is 456 g/mol. The fourth-order valence-corrected chi connectivity index (χ4v) is 4.26. The lowest BCUT2D eigenvalue weighted by atomic mass is 10.1. The van der Waals surface area contributed by atoms with Gasteiger partial charge in [0.15, 0.2) is 5.76 Å². The molecule has 0 N–H and O–H groups in total. The summed E-state index contributed by atoms with van der Waals surface area (Å²) < 4.78 is 6.90. The Labute approximate surface area is 196 Å². The summed E-state index contributed by atoms with van der Waals surface area (Å²) in [6, 6.07) is 18.2. The minimum atomic E-state index is -0.157. The zero-order valence-electron chi connectivity index (χ0n) is 18.8. The number of hydrogen-bond acceptors (Lipinski definition) is 5. The van der Waals surface area contributed by atoms with Gasteiger partial charge in [-0.25, -0.2) is 4.98 Å². The molecule has 5 rings (SSSR count). The number of hydrogen-bond donors (Lipinski definition) is 0. The van der Waals surface area contributed by atoms with E-state index in [1.54, 1.807) is 45.6 Å². The summed E-state index contributed by atoms with van der Waals surface area (Å²) >= 11 is 0. The van der Waals surface area contributed by atoms with Crippen LogP contribution in [0.1, 0.15) is 32.2 Å². The zero-order valence-corrected chi connectivity index (χ0v) is 18.8. The van der Waals surface area contributed by atoms with E-state index in [0.29, 0.717) is 49.7 Å². The van der Waals surface area contributed by atoms with Crippen molar-refractivity contribution >= 4 is 22.8 Å². The van der Waals surface area contributed by atoms with Crippen LogP contribution in [0.25, 0.3) is 11.0 Å². The van der Waals surface area contributed by atoms with Gasteiger partial charge in [-0.15, -0.1) is 0 Å². The second-order valence-corrected chi connectivity index (χ2v) is 8.34. The van der Waals surface area contributed by atoms with Gasteiger partial charge in [0, 0.05) is 31.7 Å². The van der Waals surface area contributed by atoms with Crippen molar-refractivity contribution in [2.45, 2.75) is 13.5 Å². The van der Waals surface area contributed by atoms with E-state index in [-0.39, 0.29) is 17.4 Å². The molecule has 2 amide bonds. The third-order valence-corrected chi connectivity index (χ3v) is 6.14. The molecule has 8 heteroatoms. The third-order valence-electron chi connectivity index (χ3n) is 6.14. The van der Waals surface area contributed by atoms with Crippen molar-refractivity contribution in [1.82, 2.24) is 19.4 Å². The van der Waals surface area contributed by atoms with Gasteiger partial charge in [0.05, 0.1) is 23.8 Å². The predicted octanol–water partition coefficient (Wildman–Crippen LogP) is 2.94. The van der Waals surface area contributed by atoms with Crippen molar-refractivity contribution in [2.75, 3.05) is 26.2 Å². The molecule has 1 saturated heterocycles. The normalized spacial score (nSPS) is 13.9. The van der Waals surface area contributed by atoms with E-state index in [4.69, 9.17) is 4.42 Å². The fourth-order valence-electron chi connectivity index (χ4n) is 4.26. The first-order valence-electron chi connectivity index (χ1n) is 11.2. The summed E-state index contributed by atoms with van der Waals surface area (Å²) in [5, 5.41) is 0. The van der Waals surface area contributed by atoms with E-state index in [0.717, 1.165) is 16.6 Å². The lowest BCUT2D eigenvalue weighted by Crippen LogP contribution is -2.50. The van der Waals surface area contributed by atoms with Crippen molar-refractivity contribution in [2.24, 2.45) is 0 Å². The first-order valence-corrected chi connectivity index (χ1v) is 11.2. The number of carbonyl (C=O) groups excluding carboxylic acids is 2. The van der Waals surface area contributed by atoms with Crippen LogP contribution in [0.4, 0.5) is 0 Å². The first-order chi connectivity index (χ1) is 16.5. The van der Waals surface area contributed by atoms with Crippen LogP contribution in [-0.2, 0) is 6.54 Å². The number of furan rings is 1. The Morgan fingerprint density at radius 1 is 0.882 bits per heavy atom. The summed E-state index contributed by atoms with van der Waals surface area (Å²) in [4.78, 5) is 46.0. The van der Waals surface area contributed by atoms with Gasteiger partial charge in [0.1, 0.15) is 5.69 Å². The number of para-hydroxylation sites is 2. The van der Waals surface area contributed by atoms with Crippen molar-refractivity contribution in [3.05, 3.63) is 99.9 Å². The number of benzene rings is 2. The highest BCUT2D eigenvalue weighted by atomic mass is 16.3. The Bertz CT molecular complexity index is 1400. The SMILES string of the molecule is Cc1nc2ccccc2n(Cc2ccc(C(=O)N3CCN(C(=O)c4ccco4)CC3)cc2)c1=O. The van der Waals surface area contributed by atoms with Gasteiger partial charge in [-0.05, 0) is 48.9 Å². The highest BCUT2D eigenvalue weighted by molar-refractivity contribution is 5.95. The van der Waals surface area contributed by atoms with Crippen LogP contribution in [0.2, 0.25) is 0 Å². The van der Waals surface area contributed by atoms with Crippen LogP contribution >= 0.6 is 0 Å². The summed E-state index contributed by atoms with van der Waals surface area (Å²) in [5.74, 6) is 0.0845. The van der Waals surface area contributed by atoms with Crippen LogP contribution in [0.15, 0.2) is 76.1 Å². The van der Waals surface area contributed by atoms with Crippen LogP contribution in [0.3, 0.4) is 0 Å². The Morgan fingerprint density at radius 2 is 1.56 bits per heavy atom.